The molecule has 1 aliphatic carbocycles. The highest BCUT2D eigenvalue weighted by Crippen LogP contribution is 2.38. The van der Waals surface area contributed by atoms with Gasteiger partial charge < -0.3 is 20.3 Å². The first-order chi connectivity index (χ1) is 15.0. The molecule has 3 aromatic rings. The lowest BCUT2D eigenvalue weighted by Crippen LogP contribution is -2.37. The Morgan fingerprint density at radius 1 is 1.16 bits per heavy atom. The highest BCUT2D eigenvalue weighted by atomic mass is 16.5. The molecule has 31 heavy (non-hydrogen) atoms. The van der Waals surface area contributed by atoms with Gasteiger partial charge in [0.2, 0.25) is 17.6 Å². The van der Waals surface area contributed by atoms with E-state index < -0.39 is 5.91 Å². The van der Waals surface area contributed by atoms with Crippen LogP contribution in [0, 0.1) is 12.8 Å². The van der Waals surface area contributed by atoms with Gasteiger partial charge in [0.05, 0.1) is 13.0 Å². The standard InChI is InChI=1S/C23H24N4O4/c1-13-10-16(30-2)8-9-17(13)22(29)25-19-12-15(20(24)28)11-18(19)23-26-21(27-31-23)14-6-4-3-5-7-14/h3-10,15,18-19H,11-12H2,1-2H3,(H2,24,28)(H,25,29)/t15-,18-,19+/m1/s1. The Hall–Kier alpha value is -3.68. The fourth-order valence-electron chi connectivity index (χ4n) is 4.06. The molecular formula is C23H24N4O4. The lowest BCUT2D eigenvalue weighted by Gasteiger charge is -2.19. The van der Waals surface area contributed by atoms with Crippen molar-refractivity contribution in [3.05, 3.63) is 65.5 Å². The third kappa shape index (κ3) is 4.28. The van der Waals surface area contributed by atoms with Gasteiger partial charge in [-0.1, -0.05) is 35.5 Å². The Bertz CT molecular complexity index is 1100. The number of ether oxygens (including phenoxy) is 1. The number of aromatic nitrogens is 2. The second-order valence-corrected chi connectivity index (χ2v) is 7.76. The van der Waals surface area contributed by atoms with Gasteiger partial charge in [0, 0.05) is 23.1 Å². The van der Waals surface area contributed by atoms with Crippen molar-refractivity contribution >= 4 is 11.8 Å². The molecule has 8 heteroatoms. The highest BCUT2D eigenvalue weighted by Gasteiger charge is 2.42. The number of nitrogens with two attached hydrogens (primary N) is 1. The number of hydrogen-bond acceptors (Lipinski definition) is 6. The van der Waals surface area contributed by atoms with Crippen molar-refractivity contribution in [3.8, 4) is 17.1 Å². The molecule has 1 aromatic heterocycles. The number of benzene rings is 2. The van der Waals surface area contributed by atoms with E-state index >= 15 is 0 Å². The molecule has 0 saturated heterocycles. The molecule has 0 radical (unpaired) electrons. The maximum absolute atomic E-state index is 13.0. The molecule has 0 bridgehead atoms. The summed E-state index contributed by atoms with van der Waals surface area (Å²) in [5.74, 6) is 0.229. The summed E-state index contributed by atoms with van der Waals surface area (Å²) in [5, 5.41) is 7.12. The van der Waals surface area contributed by atoms with Crippen molar-refractivity contribution in [1.29, 1.82) is 0 Å². The normalized spacial score (nSPS) is 20.4. The van der Waals surface area contributed by atoms with Gasteiger partial charge in [0.1, 0.15) is 5.75 Å². The van der Waals surface area contributed by atoms with Gasteiger partial charge in [-0.15, -0.1) is 0 Å². The maximum Gasteiger partial charge on any atom is 0.251 e. The number of methoxy groups -OCH3 is 1. The molecule has 0 spiro atoms. The van der Waals surface area contributed by atoms with Crippen molar-refractivity contribution < 1.29 is 18.8 Å². The van der Waals surface area contributed by atoms with Crippen molar-refractivity contribution in [1.82, 2.24) is 15.5 Å². The van der Waals surface area contributed by atoms with E-state index in [1.54, 1.807) is 25.3 Å². The number of nitrogens with one attached hydrogen (secondary N) is 1. The molecule has 1 fully saturated rings. The summed E-state index contributed by atoms with van der Waals surface area (Å²) >= 11 is 0. The lowest BCUT2D eigenvalue weighted by atomic mass is 10.0. The fourth-order valence-corrected chi connectivity index (χ4v) is 4.06. The molecule has 3 atom stereocenters. The summed E-state index contributed by atoms with van der Waals surface area (Å²) < 4.78 is 10.7. The summed E-state index contributed by atoms with van der Waals surface area (Å²) in [7, 11) is 1.58. The number of aryl methyl sites for hydroxylation is 1. The van der Waals surface area contributed by atoms with Crippen LogP contribution in [0.15, 0.2) is 53.1 Å². The Kier molecular flexibility index (Phi) is 5.70. The minimum absolute atomic E-state index is 0.233. The molecule has 160 valence electrons. The first-order valence-corrected chi connectivity index (χ1v) is 10.1. The van der Waals surface area contributed by atoms with E-state index in [-0.39, 0.29) is 23.8 Å². The van der Waals surface area contributed by atoms with Gasteiger partial charge in [-0.25, -0.2) is 0 Å². The molecule has 2 amide bonds. The zero-order valence-electron chi connectivity index (χ0n) is 17.4. The Morgan fingerprint density at radius 2 is 1.94 bits per heavy atom. The molecule has 0 unspecified atom stereocenters. The summed E-state index contributed by atoms with van der Waals surface area (Å²) in [6.45, 7) is 1.85. The summed E-state index contributed by atoms with van der Waals surface area (Å²) in [6, 6.07) is 14.4. The van der Waals surface area contributed by atoms with Crippen molar-refractivity contribution in [2.45, 2.75) is 31.7 Å². The number of carbonyl (C=O) groups excluding carboxylic acids is 2. The number of carbonyl (C=O) groups is 2. The third-order valence-corrected chi connectivity index (χ3v) is 5.75. The molecule has 1 aliphatic rings. The zero-order chi connectivity index (χ0) is 22.0. The summed E-state index contributed by atoms with van der Waals surface area (Å²) in [5.41, 5.74) is 7.73. The number of primary amides is 1. The SMILES string of the molecule is COc1ccc(C(=O)N[C@H]2C[C@H](C(N)=O)C[C@H]2c2nc(-c3ccccc3)no2)c(C)c1. The minimum Gasteiger partial charge on any atom is -0.497 e. The van der Waals surface area contributed by atoms with Crippen molar-refractivity contribution in [3.63, 3.8) is 0 Å². The van der Waals surface area contributed by atoms with E-state index in [9.17, 15) is 9.59 Å². The molecule has 1 heterocycles. The number of amides is 2. The van der Waals surface area contributed by atoms with Gasteiger partial charge >= 0.3 is 0 Å². The van der Waals surface area contributed by atoms with Crippen LogP contribution >= 0.6 is 0 Å². The van der Waals surface area contributed by atoms with Gasteiger partial charge in [-0.05, 0) is 43.5 Å². The van der Waals surface area contributed by atoms with Crippen LogP contribution in [0.5, 0.6) is 5.75 Å². The average Bonchev–Trinajstić information content (AvgIpc) is 3.41. The number of rotatable bonds is 6. The second kappa shape index (κ2) is 8.59. The van der Waals surface area contributed by atoms with E-state index in [1.807, 2.05) is 37.3 Å². The van der Waals surface area contributed by atoms with Crippen molar-refractivity contribution in [2.24, 2.45) is 11.7 Å². The molecule has 8 nitrogen and oxygen atoms in total. The maximum atomic E-state index is 13.0. The topological polar surface area (TPSA) is 120 Å². The van der Waals surface area contributed by atoms with Gasteiger partial charge in [-0.2, -0.15) is 4.98 Å². The number of nitrogens with zero attached hydrogens (tertiary/aromatic N) is 2. The molecule has 4 rings (SSSR count). The van der Waals surface area contributed by atoms with E-state index in [0.717, 1.165) is 11.1 Å². The van der Waals surface area contributed by atoms with Gasteiger partial charge in [0.15, 0.2) is 0 Å². The fraction of sp³-hybridized carbons (Fsp3) is 0.304. The molecule has 0 aliphatic heterocycles. The largest absolute Gasteiger partial charge is 0.497 e. The molecule has 1 saturated carbocycles. The van der Waals surface area contributed by atoms with Crippen LogP contribution in [0.1, 0.15) is 40.6 Å². The lowest BCUT2D eigenvalue weighted by molar-refractivity contribution is -0.121. The molecular weight excluding hydrogens is 396 g/mol. The highest BCUT2D eigenvalue weighted by molar-refractivity contribution is 5.96. The van der Waals surface area contributed by atoms with E-state index in [1.165, 1.54) is 0 Å². The Morgan fingerprint density at radius 3 is 2.61 bits per heavy atom. The van der Waals surface area contributed by atoms with Crippen LogP contribution in [-0.4, -0.2) is 35.1 Å². The third-order valence-electron chi connectivity index (χ3n) is 5.75. The van der Waals surface area contributed by atoms with Crippen LogP contribution in [0.3, 0.4) is 0 Å². The summed E-state index contributed by atoms with van der Waals surface area (Å²) in [6.07, 6.45) is 0.863. The van der Waals surface area contributed by atoms with Crippen LogP contribution in [-0.2, 0) is 4.79 Å². The predicted octanol–water partition coefficient (Wildman–Crippen LogP) is 2.83. The van der Waals surface area contributed by atoms with E-state index in [0.29, 0.717) is 35.9 Å². The summed E-state index contributed by atoms with van der Waals surface area (Å²) in [4.78, 5) is 29.4. The van der Waals surface area contributed by atoms with E-state index in [4.69, 9.17) is 15.0 Å². The van der Waals surface area contributed by atoms with Gasteiger partial charge in [-0.3, -0.25) is 9.59 Å². The van der Waals surface area contributed by atoms with Gasteiger partial charge in [0.25, 0.3) is 5.91 Å². The Labute approximate surface area is 179 Å². The van der Waals surface area contributed by atoms with Crippen LogP contribution < -0.4 is 15.8 Å². The minimum atomic E-state index is -0.398. The van der Waals surface area contributed by atoms with Crippen molar-refractivity contribution in [2.75, 3.05) is 7.11 Å². The quantitative estimate of drug-likeness (QED) is 0.633. The first-order valence-electron chi connectivity index (χ1n) is 10.1. The number of hydrogen-bond donors (Lipinski definition) is 2. The monoisotopic (exact) mass is 420 g/mol. The smallest absolute Gasteiger partial charge is 0.251 e. The molecule has 3 N–H and O–H groups in total. The van der Waals surface area contributed by atoms with Crippen LogP contribution in [0.25, 0.3) is 11.4 Å². The average molecular weight is 420 g/mol. The second-order valence-electron chi connectivity index (χ2n) is 7.76. The van der Waals surface area contributed by atoms with E-state index in [2.05, 4.69) is 15.5 Å². The van der Waals surface area contributed by atoms with Crippen LogP contribution in [0.2, 0.25) is 0 Å². The zero-order valence-corrected chi connectivity index (χ0v) is 17.4. The van der Waals surface area contributed by atoms with Crippen LogP contribution in [0.4, 0.5) is 0 Å². The Balaban J connectivity index is 1.57. The first kappa shape index (κ1) is 20.6. The predicted molar refractivity (Wildman–Crippen MR) is 113 cm³/mol. The molecule has 2 aromatic carbocycles.